The van der Waals surface area contributed by atoms with Gasteiger partial charge in [-0.1, -0.05) is 5.10 Å². The van der Waals surface area contributed by atoms with Gasteiger partial charge in [0.05, 0.1) is 13.2 Å². The van der Waals surface area contributed by atoms with Gasteiger partial charge in [-0.25, -0.2) is 0 Å². The molecule has 0 saturated carbocycles. The summed E-state index contributed by atoms with van der Waals surface area (Å²) in [4.78, 5) is 13.8. The van der Waals surface area contributed by atoms with E-state index in [9.17, 15) is 4.79 Å². The van der Waals surface area contributed by atoms with Gasteiger partial charge in [0.25, 0.3) is 0 Å². The van der Waals surface area contributed by atoms with E-state index in [0.29, 0.717) is 32.2 Å². The Morgan fingerprint density at radius 3 is 2.83 bits per heavy atom. The molecule has 2 rings (SSSR count). The standard InChI is InChI=1S/C10H15ClN4O3/c1-7(9(16)15-2-4-17-5-3-15)12-10-14-13-8(6-11)18-10/h7H,2-6H2,1H3,(H,12,14). The molecule has 1 fully saturated rings. The highest BCUT2D eigenvalue weighted by Crippen LogP contribution is 2.10. The SMILES string of the molecule is CC(Nc1nnc(CCl)o1)C(=O)N1CCOCC1. The van der Waals surface area contributed by atoms with Crippen LogP contribution >= 0.6 is 11.6 Å². The monoisotopic (exact) mass is 274 g/mol. The third-order valence-corrected chi connectivity index (χ3v) is 2.84. The molecule has 1 amide bonds. The van der Waals surface area contributed by atoms with Crippen molar-refractivity contribution in [2.75, 3.05) is 31.6 Å². The number of rotatable bonds is 4. The third kappa shape index (κ3) is 3.11. The molecule has 1 aliphatic heterocycles. The van der Waals surface area contributed by atoms with E-state index in [0.717, 1.165) is 0 Å². The lowest BCUT2D eigenvalue weighted by Gasteiger charge is -2.29. The van der Waals surface area contributed by atoms with Crippen LogP contribution in [0.3, 0.4) is 0 Å². The highest BCUT2D eigenvalue weighted by atomic mass is 35.5. The molecule has 8 heteroatoms. The van der Waals surface area contributed by atoms with Crippen LogP contribution in [0.1, 0.15) is 12.8 Å². The van der Waals surface area contributed by atoms with Crippen LogP contribution in [0.2, 0.25) is 0 Å². The number of hydrogen-bond acceptors (Lipinski definition) is 6. The van der Waals surface area contributed by atoms with Crippen LogP contribution in [0.5, 0.6) is 0 Å². The Kier molecular flexibility index (Phi) is 4.38. The number of nitrogens with one attached hydrogen (secondary N) is 1. The van der Waals surface area contributed by atoms with Crippen molar-refractivity contribution in [2.45, 2.75) is 18.8 Å². The molecule has 18 heavy (non-hydrogen) atoms. The Hall–Kier alpha value is -1.34. The first-order valence-corrected chi connectivity index (χ1v) is 6.25. The average Bonchev–Trinajstić information content (AvgIpc) is 2.86. The largest absolute Gasteiger partial charge is 0.407 e. The summed E-state index contributed by atoms with van der Waals surface area (Å²) in [6.07, 6.45) is 0. The van der Waals surface area contributed by atoms with E-state index in [1.54, 1.807) is 11.8 Å². The first-order chi connectivity index (χ1) is 8.70. The normalized spacial score (nSPS) is 17.6. The van der Waals surface area contributed by atoms with Gasteiger partial charge in [0.1, 0.15) is 11.9 Å². The summed E-state index contributed by atoms with van der Waals surface area (Å²) in [5.74, 6) is 0.467. The fraction of sp³-hybridized carbons (Fsp3) is 0.700. The molecule has 1 aromatic rings. The molecule has 0 radical (unpaired) electrons. The summed E-state index contributed by atoms with van der Waals surface area (Å²) in [6.45, 7) is 4.14. The van der Waals surface area contributed by atoms with Crippen LogP contribution in [0.15, 0.2) is 4.42 Å². The van der Waals surface area contributed by atoms with Gasteiger partial charge in [0, 0.05) is 13.1 Å². The number of amides is 1. The maximum Gasteiger partial charge on any atom is 0.316 e. The van der Waals surface area contributed by atoms with E-state index in [2.05, 4.69) is 15.5 Å². The number of carbonyl (C=O) groups excluding carboxylic acids is 1. The van der Waals surface area contributed by atoms with E-state index in [-0.39, 0.29) is 17.8 Å². The Labute approximate surface area is 109 Å². The maximum atomic E-state index is 12.1. The van der Waals surface area contributed by atoms with Crippen LogP contribution in [-0.4, -0.2) is 53.3 Å². The molecule has 1 N–H and O–H groups in total. The van der Waals surface area contributed by atoms with Crippen LogP contribution in [0, 0.1) is 0 Å². The van der Waals surface area contributed by atoms with Crippen molar-refractivity contribution in [2.24, 2.45) is 0 Å². The topological polar surface area (TPSA) is 80.5 Å². The molecule has 0 spiro atoms. The summed E-state index contributed by atoms with van der Waals surface area (Å²) in [7, 11) is 0. The lowest BCUT2D eigenvalue weighted by atomic mass is 10.2. The van der Waals surface area contributed by atoms with Crippen molar-refractivity contribution >= 4 is 23.5 Å². The minimum Gasteiger partial charge on any atom is -0.407 e. The lowest BCUT2D eigenvalue weighted by Crippen LogP contribution is -2.47. The zero-order valence-electron chi connectivity index (χ0n) is 10.1. The van der Waals surface area contributed by atoms with Crippen LogP contribution in [0.4, 0.5) is 6.01 Å². The molecule has 1 aliphatic rings. The molecule has 7 nitrogen and oxygen atoms in total. The van der Waals surface area contributed by atoms with E-state index < -0.39 is 6.04 Å². The number of nitrogens with zero attached hydrogens (tertiary/aromatic N) is 3. The number of morpholine rings is 1. The Balaban J connectivity index is 1.89. The molecule has 0 aliphatic carbocycles. The highest BCUT2D eigenvalue weighted by molar-refractivity contribution is 6.16. The van der Waals surface area contributed by atoms with Crippen LogP contribution in [-0.2, 0) is 15.4 Å². The summed E-state index contributed by atoms with van der Waals surface area (Å²) in [6, 6.07) is -0.216. The van der Waals surface area contributed by atoms with Crippen LogP contribution in [0.25, 0.3) is 0 Å². The molecule has 1 aromatic heterocycles. The van der Waals surface area contributed by atoms with Crippen molar-refractivity contribution in [1.29, 1.82) is 0 Å². The fourth-order valence-electron chi connectivity index (χ4n) is 1.67. The molecule has 0 bridgehead atoms. The molecular formula is C10H15ClN4O3. The fourth-order valence-corrected chi connectivity index (χ4v) is 1.78. The highest BCUT2D eigenvalue weighted by Gasteiger charge is 2.23. The molecule has 0 aromatic carbocycles. The Morgan fingerprint density at radius 2 is 2.22 bits per heavy atom. The number of carbonyl (C=O) groups is 1. The molecule has 100 valence electrons. The van der Waals surface area contributed by atoms with E-state index in [1.807, 2.05) is 0 Å². The predicted octanol–water partition coefficient (Wildman–Crippen LogP) is 0.468. The van der Waals surface area contributed by atoms with Gasteiger partial charge >= 0.3 is 6.01 Å². The molecule has 1 atom stereocenters. The smallest absolute Gasteiger partial charge is 0.316 e. The number of anilines is 1. The minimum absolute atomic E-state index is 0.0103. The Bertz CT molecular complexity index is 406. The number of ether oxygens (including phenoxy) is 1. The van der Waals surface area contributed by atoms with E-state index in [4.69, 9.17) is 20.8 Å². The first-order valence-electron chi connectivity index (χ1n) is 5.72. The molecule has 2 heterocycles. The zero-order chi connectivity index (χ0) is 13.0. The summed E-state index contributed by atoms with van der Waals surface area (Å²) in [5, 5.41) is 10.3. The van der Waals surface area contributed by atoms with Crippen molar-refractivity contribution < 1.29 is 13.9 Å². The summed E-state index contributed by atoms with van der Waals surface area (Å²) >= 11 is 5.55. The van der Waals surface area contributed by atoms with E-state index in [1.165, 1.54) is 0 Å². The summed E-state index contributed by atoms with van der Waals surface area (Å²) < 4.78 is 10.4. The second-order valence-corrected chi connectivity index (χ2v) is 4.21. The lowest BCUT2D eigenvalue weighted by molar-refractivity contribution is -0.135. The van der Waals surface area contributed by atoms with Gasteiger partial charge in [0.15, 0.2) is 0 Å². The zero-order valence-corrected chi connectivity index (χ0v) is 10.8. The summed E-state index contributed by atoms with van der Waals surface area (Å²) in [5.41, 5.74) is 0. The van der Waals surface area contributed by atoms with Gasteiger partial charge in [-0.2, -0.15) is 0 Å². The van der Waals surface area contributed by atoms with E-state index >= 15 is 0 Å². The van der Waals surface area contributed by atoms with Crippen LogP contribution < -0.4 is 5.32 Å². The number of aromatic nitrogens is 2. The first kappa shape index (κ1) is 13.1. The average molecular weight is 275 g/mol. The van der Waals surface area contributed by atoms with Gasteiger partial charge in [-0.3, -0.25) is 4.79 Å². The Morgan fingerprint density at radius 1 is 1.50 bits per heavy atom. The van der Waals surface area contributed by atoms with Crippen molar-refractivity contribution in [3.63, 3.8) is 0 Å². The van der Waals surface area contributed by atoms with Gasteiger partial charge in [-0.05, 0) is 6.92 Å². The maximum absolute atomic E-state index is 12.1. The molecule has 1 unspecified atom stereocenters. The predicted molar refractivity (Wildman–Crippen MR) is 64.3 cm³/mol. The van der Waals surface area contributed by atoms with Crippen molar-refractivity contribution in [3.05, 3.63) is 5.89 Å². The third-order valence-electron chi connectivity index (χ3n) is 2.61. The second kappa shape index (κ2) is 6.01. The quantitative estimate of drug-likeness (QED) is 0.804. The molecular weight excluding hydrogens is 260 g/mol. The second-order valence-electron chi connectivity index (χ2n) is 3.94. The van der Waals surface area contributed by atoms with Gasteiger partial charge in [0.2, 0.25) is 11.8 Å². The molecule has 1 saturated heterocycles. The van der Waals surface area contributed by atoms with Gasteiger partial charge in [-0.15, -0.1) is 16.7 Å². The number of alkyl halides is 1. The van der Waals surface area contributed by atoms with Crippen molar-refractivity contribution in [3.8, 4) is 0 Å². The van der Waals surface area contributed by atoms with Gasteiger partial charge < -0.3 is 19.4 Å². The van der Waals surface area contributed by atoms with Crippen molar-refractivity contribution in [1.82, 2.24) is 15.1 Å². The number of halogens is 1. The number of hydrogen-bond donors (Lipinski definition) is 1. The minimum atomic E-state index is -0.424.